The maximum atomic E-state index is 11.6. The molecule has 1 unspecified atom stereocenters. The Morgan fingerprint density at radius 3 is 2.33 bits per heavy atom. The molecule has 0 bridgehead atoms. The van der Waals surface area contributed by atoms with E-state index in [0.717, 1.165) is 19.4 Å². The zero-order chi connectivity index (χ0) is 11.7. The molecule has 0 aromatic heterocycles. The molecule has 0 aliphatic carbocycles. The van der Waals surface area contributed by atoms with Crippen molar-refractivity contribution >= 4 is 5.91 Å². The summed E-state index contributed by atoms with van der Waals surface area (Å²) in [4.78, 5) is 11.6. The summed E-state index contributed by atoms with van der Waals surface area (Å²) in [5, 5.41) is 9.08. The van der Waals surface area contributed by atoms with Gasteiger partial charge in [0, 0.05) is 6.54 Å². The highest BCUT2D eigenvalue weighted by atomic mass is 16.2. The van der Waals surface area contributed by atoms with Crippen LogP contribution in [-0.4, -0.2) is 39.1 Å². The molecule has 0 spiro atoms. The first-order valence-electron chi connectivity index (χ1n) is 5.79. The average molecular weight is 215 g/mol. The molecule has 0 saturated heterocycles. The lowest BCUT2D eigenvalue weighted by Gasteiger charge is -2.21. The molecule has 3 N–H and O–H groups in total. The van der Waals surface area contributed by atoms with Crippen LogP contribution < -0.4 is 16.0 Å². The van der Waals surface area contributed by atoms with Gasteiger partial charge in [-0.15, -0.1) is 0 Å². The Labute approximate surface area is 93.2 Å². The van der Waals surface area contributed by atoms with Gasteiger partial charge < -0.3 is 16.0 Å². The van der Waals surface area contributed by atoms with E-state index in [1.165, 1.54) is 0 Å². The topological polar surface area (TPSA) is 53.2 Å². The number of carbonyl (C=O) groups is 1. The maximum absolute atomic E-state index is 11.6. The summed E-state index contributed by atoms with van der Waals surface area (Å²) in [5.74, 6) is 0.657. The zero-order valence-electron chi connectivity index (χ0n) is 10.4. The first-order chi connectivity index (χ1) is 7.19. The fourth-order valence-corrected chi connectivity index (χ4v) is 1.67. The highest BCUT2D eigenvalue weighted by molar-refractivity contribution is 5.81. The van der Waals surface area contributed by atoms with Crippen LogP contribution in [0.25, 0.3) is 0 Å². The zero-order valence-corrected chi connectivity index (χ0v) is 10.4. The molecule has 0 heterocycles. The molecule has 2 atom stereocenters. The van der Waals surface area contributed by atoms with Crippen molar-refractivity contribution in [1.82, 2.24) is 16.0 Å². The van der Waals surface area contributed by atoms with Crippen LogP contribution in [0.4, 0.5) is 0 Å². The van der Waals surface area contributed by atoms with Crippen LogP contribution >= 0.6 is 0 Å². The Balaban J connectivity index is 4.10. The Morgan fingerprint density at radius 2 is 1.93 bits per heavy atom. The van der Waals surface area contributed by atoms with Gasteiger partial charge in [-0.05, 0) is 39.9 Å². The number of amides is 1. The smallest absolute Gasteiger partial charge is 0.237 e. The normalized spacial score (nSPS) is 14.7. The van der Waals surface area contributed by atoms with Crippen molar-refractivity contribution in [2.45, 2.75) is 32.7 Å². The molecule has 0 aromatic rings. The molecular weight excluding hydrogens is 190 g/mol. The van der Waals surface area contributed by atoms with Crippen molar-refractivity contribution < 1.29 is 4.79 Å². The third-order valence-corrected chi connectivity index (χ3v) is 2.66. The summed E-state index contributed by atoms with van der Waals surface area (Å²) in [5.41, 5.74) is 0. The van der Waals surface area contributed by atoms with E-state index in [0.29, 0.717) is 12.5 Å². The number of rotatable bonds is 8. The molecular formula is C11H25N3O. The van der Waals surface area contributed by atoms with E-state index in [9.17, 15) is 4.79 Å². The summed E-state index contributed by atoms with van der Waals surface area (Å²) in [6.45, 7) is 5.76. The fraction of sp³-hybridized carbons (Fsp3) is 0.909. The van der Waals surface area contributed by atoms with E-state index in [1.807, 2.05) is 21.0 Å². The van der Waals surface area contributed by atoms with Gasteiger partial charge in [0.25, 0.3) is 0 Å². The minimum Gasteiger partial charge on any atom is -0.355 e. The minimum atomic E-state index is -0.0664. The molecule has 0 aromatic carbocycles. The lowest BCUT2D eigenvalue weighted by atomic mass is 9.96. The molecule has 90 valence electrons. The highest BCUT2D eigenvalue weighted by Crippen LogP contribution is 2.10. The molecule has 1 amide bonds. The van der Waals surface area contributed by atoms with Crippen molar-refractivity contribution in [2.24, 2.45) is 5.92 Å². The van der Waals surface area contributed by atoms with Crippen molar-refractivity contribution in [3.05, 3.63) is 0 Å². The van der Waals surface area contributed by atoms with E-state index in [2.05, 4.69) is 22.9 Å². The van der Waals surface area contributed by atoms with Crippen molar-refractivity contribution in [3.8, 4) is 0 Å². The van der Waals surface area contributed by atoms with Gasteiger partial charge in [-0.25, -0.2) is 0 Å². The van der Waals surface area contributed by atoms with E-state index in [1.54, 1.807) is 0 Å². The number of likely N-dealkylation sites (N-methyl/N-ethyl adjacent to an activating group) is 2. The first kappa shape index (κ1) is 14.4. The van der Waals surface area contributed by atoms with Gasteiger partial charge in [0.2, 0.25) is 5.91 Å². The van der Waals surface area contributed by atoms with Gasteiger partial charge in [0.05, 0.1) is 6.04 Å². The van der Waals surface area contributed by atoms with Gasteiger partial charge >= 0.3 is 0 Å². The second kappa shape index (κ2) is 8.68. The lowest BCUT2D eigenvalue weighted by Crippen LogP contribution is -2.44. The van der Waals surface area contributed by atoms with Crippen LogP contribution in [0.3, 0.4) is 0 Å². The summed E-state index contributed by atoms with van der Waals surface area (Å²) >= 11 is 0. The van der Waals surface area contributed by atoms with Crippen LogP contribution in [0.2, 0.25) is 0 Å². The van der Waals surface area contributed by atoms with Crippen LogP contribution in [-0.2, 0) is 4.79 Å². The van der Waals surface area contributed by atoms with E-state index in [4.69, 9.17) is 0 Å². The quantitative estimate of drug-likeness (QED) is 0.547. The van der Waals surface area contributed by atoms with Crippen LogP contribution in [0.5, 0.6) is 0 Å². The number of nitrogens with one attached hydrogen (secondary N) is 3. The summed E-state index contributed by atoms with van der Waals surface area (Å²) < 4.78 is 0. The van der Waals surface area contributed by atoms with Crippen LogP contribution in [0.15, 0.2) is 0 Å². The third kappa shape index (κ3) is 5.74. The molecule has 0 rings (SSSR count). The van der Waals surface area contributed by atoms with Crippen molar-refractivity contribution in [2.75, 3.05) is 27.2 Å². The van der Waals surface area contributed by atoms with Crippen LogP contribution in [0, 0.1) is 5.92 Å². The Hall–Kier alpha value is -0.610. The molecule has 0 fully saturated rings. The predicted molar refractivity (Wildman–Crippen MR) is 63.9 cm³/mol. The molecule has 0 aliphatic heterocycles. The number of carbonyl (C=O) groups excluding carboxylic acids is 1. The van der Waals surface area contributed by atoms with Crippen molar-refractivity contribution in [1.29, 1.82) is 0 Å². The average Bonchev–Trinajstić information content (AvgIpc) is 2.24. The second-order valence-electron chi connectivity index (χ2n) is 3.80. The SMILES string of the molecule is CCNC(=O)[C@H](CC(CC)CNC)NC. The minimum absolute atomic E-state index is 0.0664. The maximum Gasteiger partial charge on any atom is 0.237 e. The second-order valence-corrected chi connectivity index (χ2v) is 3.80. The molecule has 4 nitrogen and oxygen atoms in total. The Morgan fingerprint density at radius 1 is 1.27 bits per heavy atom. The third-order valence-electron chi connectivity index (χ3n) is 2.66. The standard InChI is InChI=1S/C11H25N3O/c1-5-9(8-12-3)7-10(13-4)11(15)14-6-2/h9-10,12-13H,5-8H2,1-4H3,(H,14,15)/t9?,10-/m0/s1. The van der Waals surface area contributed by atoms with Crippen LogP contribution in [0.1, 0.15) is 26.7 Å². The summed E-state index contributed by atoms with van der Waals surface area (Å²) in [6, 6.07) is -0.0664. The van der Waals surface area contributed by atoms with E-state index in [-0.39, 0.29) is 11.9 Å². The van der Waals surface area contributed by atoms with E-state index < -0.39 is 0 Å². The Kier molecular flexibility index (Phi) is 8.33. The van der Waals surface area contributed by atoms with Gasteiger partial charge in [0.1, 0.15) is 0 Å². The lowest BCUT2D eigenvalue weighted by molar-refractivity contribution is -0.123. The van der Waals surface area contributed by atoms with Crippen molar-refractivity contribution in [3.63, 3.8) is 0 Å². The van der Waals surface area contributed by atoms with Gasteiger partial charge in [-0.1, -0.05) is 13.3 Å². The number of hydrogen-bond donors (Lipinski definition) is 3. The largest absolute Gasteiger partial charge is 0.355 e. The van der Waals surface area contributed by atoms with E-state index >= 15 is 0 Å². The van der Waals surface area contributed by atoms with Gasteiger partial charge in [-0.3, -0.25) is 4.79 Å². The summed E-state index contributed by atoms with van der Waals surface area (Å²) in [7, 11) is 3.79. The van der Waals surface area contributed by atoms with Gasteiger partial charge in [0.15, 0.2) is 0 Å². The fourth-order valence-electron chi connectivity index (χ4n) is 1.67. The molecule has 0 radical (unpaired) electrons. The Bertz CT molecular complexity index is 173. The molecule has 15 heavy (non-hydrogen) atoms. The molecule has 4 heteroatoms. The monoisotopic (exact) mass is 215 g/mol. The first-order valence-corrected chi connectivity index (χ1v) is 5.79. The number of hydrogen-bond acceptors (Lipinski definition) is 3. The molecule has 0 saturated carbocycles. The summed E-state index contributed by atoms with van der Waals surface area (Å²) in [6.07, 6.45) is 1.98. The van der Waals surface area contributed by atoms with Gasteiger partial charge in [-0.2, -0.15) is 0 Å². The predicted octanol–water partition coefficient (Wildman–Crippen LogP) is 0.346. The highest BCUT2D eigenvalue weighted by Gasteiger charge is 2.19. The molecule has 0 aliphatic rings.